The second kappa shape index (κ2) is 4.24. The van der Waals surface area contributed by atoms with Crippen LogP contribution >= 0.6 is 0 Å². The van der Waals surface area contributed by atoms with Gasteiger partial charge < -0.3 is 10.1 Å². The zero-order chi connectivity index (χ0) is 10.8. The standard InChI is InChI=1S/C11H13F2NO/c1-14-5-10-11-7(9(13)6-15-10)3-2-4-8(11)12/h2-4,9-10,14H,5-6H2,1H3/t9-,10-/m0/s1. The van der Waals surface area contributed by atoms with Crippen LogP contribution < -0.4 is 5.32 Å². The quantitative estimate of drug-likeness (QED) is 0.812. The van der Waals surface area contributed by atoms with Gasteiger partial charge in [0.25, 0.3) is 0 Å². The van der Waals surface area contributed by atoms with Crippen LogP contribution in [-0.2, 0) is 4.74 Å². The molecule has 0 aliphatic carbocycles. The van der Waals surface area contributed by atoms with Crippen LogP contribution in [0.15, 0.2) is 18.2 Å². The lowest BCUT2D eigenvalue weighted by Gasteiger charge is -2.28. The molecule has 0 saturated heterocycles. The van der Waals surface area contributed by atoms with E-state index >= 15 is 0 Å². The highest BCUT2D eigenvalue weighted by Crippen LogP contribution is 2.35. The van der Waals surface area contributed by atoms with Crippen LogP contribution in [0.5, 0.6) is 0 Å². The van der Waals surface area contributed by atoms with Crippen molar-refractivity contribution in [2.75, 3.05) is 20.2 Å². The third kappa shape index (κ3) is 1.87. The lowest BCUT2D eigenvalue weighted by molar-refractivity contribution is -0.00183. The Hall–Kier alpha value is -1.00. The molecule has 2 nitrogen and oxygen atoms in total. The Balaban J connectivity index is 2.42. The molecule has 1 aromatic rings. The molecule has 1 aliphatic rings. The number of halogens is 2. The fourth-order valence-corrected chi connectivity index (χ4v) is 1.89. The number of alkyl halides is 1. The summed E-state index contributed by atoms with van der Waals surface area (Å²) in [6, 6.07) is 4.49. The number of ether oxygens (including phenoxy) is 1. The van der Waals surface area contributed by atoms with Crippen molar-refractivity contribution in [2.45, 2.75) is 12.3 Å². The molecule has 0 radical (unpaired) electrons. The van der Waals surface area contributed by atoms with Gasteiger partial charge in [0.05, 0.1) is 12.7 Å². The van der Waals surface area contributed by atoms with Gasteiger partial charge in [-0.15, -0.1) is 0 Å². The summed E-state index contributed by atoms with van der Waals surface area (Å²) in [4.78, 5) is 0. The molecular weight excluding hydrogens is 200 g/mol. The molecule has 82 valence electrons. The lowest BCUT2D eigenvalue weighted by Crippen LogP contribution is -2.27. The molecule has 1 aliphatic heterocycles. The van der Waals surface area contributed by atoms with E-state index in [2.05, 4.69) is 5.32 Å². The lowest BCUT2D eigenvalue weighted by atomic mass is 9.96. The minimum atomic E-state index is -1.22. The van der Waals surface area contributed by atoms with Crippen LogP contribution in [0.4, 0.5) is 8.78 Å². The highest BCUT2D eigenvalue weighted by Gasteiger charge is 2.29. The van der Waals surface area contributed by atoms with Crippen molar-refractivity contribution < 1.29 is 13.5 Å². The first-order valence-corrected chi connectivity index (χ1v) is 4.92. The maximum absolute atomic E-state index is 13.5. The summed E-state index contributed by atoms with van der Waals surface area (Å²) in [7, 11) is 1.76. The minimum Gasteiger partial charge on any atom is -0.369 e. The van der Waals surface area contributed by atoms with Gasteiger partial charge in [0.15, 0.2) is 0 Å². The topological polar surface area (TPSA) is 21.3 Å². The fraction of sp³-hybridized carbons (Fsp3) is 0.455. The number of likely N-dealkylation sites (N-methyl/N-ethyl adjacent to an activating group) is 1. The van der Waals surface area contributed by atoms with Gasteiger partial charge in [0.1, 0.15) is 12.0 Å². The van der Waals surface area contributed by atoms with Gasteiger partial charge >= 0.3 is 0 Å². The Morgan fingerprint density at radius 1 is 1.53 bits per heavy atom. The molecule has 1 aromatic carbocycles. The molecule has 0 spiro atoms. The summed E-state index contributed by atoms with van der Waals surface area (Å²) in [6.07, 6.45) is -1.61. The third-order valence-corrected chi connectivity index (χ3v) is 2.58. The van der Waals surface area contributed by atoms with E-state index in [4.69, 9.17) is 4.74 Å². The first-order chi connectivity index (χ1) is 7.24. The van der Waals surface area contributed by atoms with Crippen molar-refractivity contribution >= 4 is 0 Å². The Labute approximate surface area is 87.2 Å². The van der Waals surface area contributed by atoms with E-state index in [1.54, 1.807) is 13.1 Å². The summed E-state index contributed by atoms with van der Waals surface area (Å²) in [5.74, 6) is -0.393. The van der Waals surface area contributed by atoms with Gasteiger partial charge in [0.2, 0.25) is 0 Å². The number of hydrogen-bond acceptors (Lipinski definition) is 2. The van der Waals surface area contributed by atoms with Gasteiger partial charge in [-0.3, -0.25) is 0 Å². The van der Waals surface area contributed by atoms with Crippen LogP contribution in [0.25, 0.3) is 0 Å². The number of hydrogen-bond donors (Lipinski definition) is 1. The summed E-state index contributed by atoms with van der Waals surface area (Å²) in [5.41, 5.74) is 0.770. The molecule has 1 N–H and O–H groups in total. The summed E-state index contributed by atoms with van der Waals surface area (Å²) in [6.45, 7) is 0.490. The highest BCUT2D eigenvalue weighted by molar-refractivity contribution is 5.34. The molecular formula is C11H13F2NO. The smallest absolute Gasteiger partial charge is 0.149 e. The normalized spacial score (nSPS) is 25.0. The minimum absolute atomic E-state index is 0.00278. The SMILES string of the molecule is CNC[C@@H]1OC[C@H](F)c2cccc(F)c21. The van der Waals surface area contributed by atoms with Gasteiger partial charge in [-0.1, -0.05) is 12.1 Å². The van der Waals surface area contributed by atoms with Crippen LogP contribution in [0, 0.1) is 5.82 Å². The zero-order valence-corrected chi connectivity index (χ0v) is 8.47. The number of nitrogens with one attached hydrogen (secondary N) is 1. The van der Waals surface area contributed by atoms with Crippen molar-refractivity contribution in [1.29, 1.82) is 0 Å². The predicted octanol–water partition coefficient (Wildman–Crippen LogP) is 2.13. The Morgan fingerprint density at radius 3 is 3.07 bits per heavy atom. The third-order valence-electron chi connectivity index (χ3n) is 2.58. The monoisotopic (exact) mass is 213 g/mol. The molecule has 0 fully saturated rings. The van der Waals surface area contributed by atoms with Crippen molar-refractivity contribution in [2.24, 2.45) is 0 Å². The van der Waals surface area contributed by atoms with E-state index in [0.717, 1.165) is 0 Å². The second-order valence-electron chi connectivity index (χ2n) is 3.59. The molecule has 4 heteroatoms. The molecule has 2 rings (SSSR count). The Bertz CT molecular complexity index is 356. The van der Waals surface area contributed by atoms with E-state index in [9.17, 15) is 8.78 Å². The molecule has 1 heterocycles. The molecule has 2 atom stereocenters. The molecule has 15 heavy (non-hydrogen) atoms. The molecule has 0 unspecified atom stereocenters. The van der Waals surface area contributed by atoms with E-state index < -0.39 is 18.1 Å². The number of fused-ring (bicyclic) bond motifs is 1. The Morgan fingerprint density at radius 2 is 2.33 bits per heavy atom. The largest absolute Gasteiger partial charge is 0.369 e. The van der Waals surface area contributed by atoms with E-state index in [1.165, 1.54) is 12.1 Å². The number of benzene rings is 1. The fourth-order valence-electron chi connectivity index (χ4n) is 1.89. The maximum Gasteiger partial charge on any atom is 0.149 e. The van der Waals surface area contributed by atoms with Crippen molar-refractivity contribution in [3.8, 4) is 0 Å². The first kappa shape index (κ1) is 10.5. The van der Waals surface area contributed by atoms with Crippen LogP contribution in [0.2, 0.25) is 0 Å². The van der Waals surface area contributed by atoms with Crippen molar-refractivity contribution in [1.82, 2.24) is 5.32 Å². The van der Waals surface area contributed by atoms with Crippen LogP contribution in [-0.4, -0.2) is 20.2 Å². The van der Waals surface area contributed by atoms with Crippen LogP contribution in [0.1, 0.15) is 23.4 Å². The van der Waals surface area contributed by atoms with E-state index in [-0.39, 0.29) is 6.61 Å². The van der Waals surface area contributed by atoms with Gasteiger partial charge in [0, 0.05) is 12.1 Å². The maximum atomic E-state index is 13.5. The van der Waals surface area contributed by atoms with Gasteiger partial charge in [-0.25, -0.2) is 8.78 Å². The van der Waals surface area contributed by atoms with Crippen LogP contribution in [0.3, 0.4) is 0 Å². The Kier molecular flexibility index (Phi) is 2.98. The first-order valence-electron chi connectivity index (χ1n) is 4.92. The molecule has 0 amide bonds. The highest BCUT2D eigenvalue weighted by atomic mass is 19.1. The predicted molar refractivity (Wildman–Crippen MR) is 52.9 cm³/mol. The van der Waals surface area contributed by atoms with Gasteiger partial charge in [-0.2, -0.15) is 0 Å². The second-order valence-corrected chi connectivity index (χ2v) is 3.59. The summed E-state index contributed by atoms with van der Waals surface area (Å²) >= 11 is 0. The average Bonchev–Trinajstić information content (AvgIpc) is 2.23. The summed E-state index contributed by atoms with van der Waals surface area (Å²) < 4.78 is 32.3. The number of rotatable bonds is 2. The van der Waals surface area contributed by atoms with E-state index in [0.29, 0.717) is 17.7 Å². The molecule has 0 saturated carbocycles. The van der Waals surface area contributed by atoms with Crippen molar-refractivity contribution in [3.63, 3.8) is 0 Å². The average molecular weight is 213 g/mol. The van der Waals surface area contributed by atoms with Gasteiger partial charge in [-0.05, 0) is 18.7 Å². The van der Waals surface area contributed by atoms with E-state index in [1.807, 2.05) is 0 Å². The summed E-state index contributed by atoms with van der Waals surface area (Å²) in [5, 5.41) is 2.91. The zero-order valence-electron chi connectivity index (χ0n) is 8.47. The molecule has 0 bridgehead atoms. The van der Waals surface area contributed by atoms with Crippen molar-refractivity contribution in [3.05, 3.63) is 35.1 Å². The molecule has 0 aromatic heterocycles.